The summed E-state index contributed by atoms with van der Waals surface area (Å²) in [5, 5.41) is 0. The van der Waals surface area contributed by atoms with Crippen molar-refractivity contribution in [3.05, 3.63) is 83.2 Å². The molecule has 6 rings (SSSR count). The van der Waals surface area contributed by atoms with Crippen molar-refractivity contribution in [2.45, 2.75) is 124 Å². The molecule has 0 bridgehead atoms. The van der Waals surface area contributed by atoms with E-state index in [1.165, 1.54) is 87.3 Å². The van der Waals surface area contributed by atoms with Crippen LogP contribution in [-0.4, -0.2) is 17.0 Å². The molecular formula is C41H59N. The summed E-state index contributed by atoms with van der Waals surface area (Å²) in [5.74, 6) is 4.93. The fourth-order valence-corrected chi connectivity index (χ4v) is 11.0. The number of rotatable bonds is 10. The molecule has 2 fully saturated rings. The van der Waals surface area contributed by atoms with E-state index in [2.05, 4.69) is 107 Å². The lowest BCUT2D eigenvalue weighted by Gasteiger charge is -2.57. The Morgan fingerprint density at radius 2 is 1.69 bits per heavy atom. The Morgan fingerprint density at radius 3 is 2.36 bits per heavy atom. The predicted molar refractivity (Wildman–Crippen MR) is 181 cm³/mol. The van der Waals surface area contributed by atoms with Gasteiger partial charge in [-0.1, -0.05) is 127 Å². The van der Waals surface area contributed by atoms with Crippen molar-refractivity contribution in [3.8, 4) is 0 Å². The van der Waals surface area contributed by atoms with Crippen LogP contribution in [0, 0.1) is 46.8 Å². The van der Waals surface area contributed by atoms with Crippen LogP contribution >= 0.6 is 0 Å². The van der Waals surface area contributed by atoms with Gasteiger partial charge in [0.2, 0.25) is 0 Å². The molecule has 1 nitrogen and oxygen atoms in total. The highest BCUT2D eigenvalue weighted by molar-refractivity contribution is 5.54. The van der Waals surface area contributed by atoms with Crippen LogP contribution in [0.1, 0.15) is 112 Å². The summed E-state index contributed by atoms with van der Waals surface area (Å²) in [6.07, 6.45) is 40.2. The molecule has 0 aromatic heterocycles. The third-order valence-electron chi connectivity index (χ3n) is 12.7. The lowest BCUT2D eigenvalue weighted by molar-refractivity contribution is -0.0113. The molecule has 0 amide bonds. The molecule has 228 valence electrons. The first kappa shape index (κ1) is 30.0. The van der Waals surface area contributed by atoms with Crippen LogP contribution in [0.3, 0.4) is 0 Å². The normalized spacial score (nSPS) is 37.7. The first-order chi connectivity index (χ1) is 20.5. The van der Waals surface area contributed by atoms with E-state index in [-0.39, 0.29) is 0 Å². The number of unbranched alkanes of at least 4 members (excludes halogenated alkanes) is 1. The Bertz CT molecular complexity index is 1200. The standard InChI is InChI=1S/C41H59N/c1-7-12-15-29-18-20-30(21-19-29)33-26-40-36-25-38-35(24-34(36)31(10-4)39(11-5)42(40)27-28(33)6)32-16-13-14-17-37(32)41(38,22-8-2)23-9-3/h13-14,16-18,20-21,24,26-27,29,31-32,34,36-40H,7-12,15,19,22-23,25H2,1-6H3/t29?,31?,32?,34?,36?,37?,38?,39-,40?/m1/s1. The lowest BCUT2D eigenvalue weighted by Crippen LogP contribution is -2.58. The molecule has 4 aliphatic carbocycles. The third-order valence-corrected chi connectivity index (χ3v) is 12.7. The zero-order valence-electron chi connectivity index (χ0n) is 27.7. The minimum absolute atomic E-state index is 0.426. The Kier molecular flexibility index (Phi) is 8.96. The summed E-state index contributed by atoms with van der Waals surface area (Å²) in [4.78, 5) is 2.87. The SMILES string of the molecule is CCCCC1C=CC(C2=CC3C4CC5C(=CC4C(CC)[C@@H](CC)N3C=C2C)C2C=CC=CC2C5(CCC)CCC)=CC1. The fraction of sp³-hybridized carbons (Fsp3) is 0.659. The van der Waals surface area contributed by atoms with Gasteiger partial charge in [0, 0.05) is 18.2 Å². The van der Waals surface area contributed by atoms with Crippen LogP contribution in [0.2, 0.25) is 0 Å². The first-order valence-electron chi connectivity index (χ1n) is 18.1. The minimum Gasteiger partial charge on any atom is -0.367 e. The molecule has 9 atom stereocenters. The van der Waals surface area contributed by atoms with Crippen molar-refractivity contribution in [3.63, 3.8) is 0 Å². The molecule has 0 aromatic carbocycles. The molecule has 2 heterocycles. The Labute approximate surface area is 258 Å². The van der Waals surface area contributed by atoms with Gasteiger partial charge in [-0.25, -0.2) is 0 Å². The molecule has 0 radical (unpaired) electrons. The molecule has 6 aliphatic rings. The van der Waals surface area contributed by atoms with E-state index in [0.717, 1.165) is 17.8 Å². The van der Waals surface area contributed by atoms with Crippen LogP contribution in [0.4, 0.5) is 0 Å². The van der Waals surface area contributed by atoms with E-state index in [1.54, 1.807) is 0 Å². The van der Waals surface area contributed by atoms with Gasteiger partial charge in [-0.15, -0.1) is 0 Å². The smallest absolute Gasteiger partial charge is 0.0514 e. The van der Waals surface area contributed by atoms with Gasteiger partial charge in [0.1, 0.15) is 0 Å². The molecule has 2 aliphatic heterocycles. The predicted octanol–water partition coefficient (Wildman–Crippen LogP) is 11.1. The summed E-state index contributed by atoms with van der Waals surface area (Å²) >= 11 is 0. The van der Waals surface area contributed by atoms with Crippen molar-refractivity contribution >= 4 is 0 Å². The number of hydrogen-bond acceptors (Lipinski definition) is 1. The Balaban J connectivity index is 1.40. The van der Waals surface area contributed by atoms with E-state index in [4.69, 9.17) is 0 Å². The van der Waals surface area contributed by atoms with Gasteiger partial charge >= 0.3 is 0 Å². The molecule has 8 unspecified atom stereocenters. The van der Waals surface area contributed by atoms with Gasteiger partial charge in [-0.3, -0.25) is 0 Å². The second kappa shape index (κ2) is 12.5. The maximum atomic E-state index is 2.91. The Morgan fingerprint density at radius 1 is 0.905 bits per heavy atom. The second-order valence-corrected chi connectivity index (χ2v) is 14.8. The quantitative estimate of drug-likeness (QED) is 0.238. The zero-order chi connectivity index (χ0) is 29.4. The maximum absolute atomic E-state index is 2.91. The van der Waals surface area contributed by atoms with Gasteiger partial charge in [-0.05, 0) is 103 Å². The highest BCUT2D eigenvalue weighted by Crippen LogP contribution is 2.66. The molecule has 1 heteroatoms. The summed E-state index contributed by atoms with van der Waals surface area (Å²) < 4.78 is 0. The minimum atomic E-state index is 0.426. The highest BCUT2D eigenvalue weighted by Gasteiger charge is 2.59. The third kappa shape index (κ3) is 4.90. The van der Waals surface area contributed by atoms with Crippen molar-refractivity contribution in [1.82, 2.24) is 4.90 Å². The topological polar surface area (TPSA) is 3.24 Å². The number of fused-ring (bicyclic) bond motifs is 6. The highest BCUT2D eigenvalue weighted by atomic mass is 15.2. The Hall–Kier alpha value is -2.02. The van der Waals surface area contributed by atoms with Gasteiger partial charge in [0.05, 0.1) is 6.04 Å². The molecule has 0 N–H and O–H groups in total. The van der Waals surface area contributed by atoms with Gasteiger partial charge < -0.3 is 4.90 Å². The summed E-state index contributed by atoms with van der Waals surface area (Å²) in [6.45, 7) is 14.5. The number of hydrogen-bond donors (Lipinski definition) is 0. The molecule has 0 aromatic rings. The van der Waals surface area contributed by atoms with Crippen LogP contribution in [0.5, 0.6) is 0 Å². The molecule has 1 saturated carbocycles. The second-order valence-electron chi connectivity index (χ2n) is 14.8. The van der Waals surface area contributed by atoms with Crippen molar-refractivity contribution in [2.24, 2.45) is 46.8 Å². The van der Waals surface area contributed by atoms with Crippen molar-refractivity contribution < 1.29 is 0 Å². The lowest BCUT2D eigenvalue weighted by atomic mass is 9.56. The van der Waals surface area contributed by atoms with Crippen LogP contribution in [-0.2, 0) is 0 Å². The number of nitrogens with zero attached hydrogens (tertiary/aromatic N) is 1. The zero-order valence-corrected chi connectivity index (χ0v) is 27.7. The van der Waals surface area contributed by atoms with Crippen LogP contribution in [0.25, 0.3) is 0 Å². The first-order valence-corrected chi connectivity index (χ1v) is 18.1. The summed E-state index contributed by atoms with van der Waals surface area (Å²) in [5.41, 5.74) is 6.75. The van der Waals surface area contributed by atoms with E-state index in [0.29, 0.717) is 41.2 Å². The average Bonchev–Trinajstić information content (AvgIpc) is 3.27. The summed E-state index contributed by atoms with van der Waals surface area (Å²) in [7, 11) is 0. The molecule has 1 saturated heterocycles. The molecule has 0 spiro atoms. The fourth-order valence-electron chi connectivity index (χ4n) is 11.0. The number of allylic oxidation sites excluding steroid dienone is 12. The van der Waals surface area contributed by atoms with Crippen LogP contribution in [0.15, 0.2) is 83.2 Å². The van der Waals surface area contributed by atoms with Crippen LogP contribution < -0.4 is 0 Å². The van der Waals surface area contributed by atoms with Gasteiger partial charge in [0.15, 0.2) is 0 Å². The summed E-state index contributed by atoms with van der Waals surface area (Å²) in [6, 6.07) is 1.15. The van der Waals surface area contributed by atoms with Gasteiger partial charge in [0.25, 0.3) is 0 Å². The van der Waals surface area contributed by atoms with Crippen molar-refractivity contribution in [1.29, 1.82) is 0 Å². The van der Waals surface area contributed by atoms with E-state index >= 15 is 0 Å². The molecular weight excluding hydrogens is 506 g/mol. The maximum Gasteiger partial charge on any atom is 0.0514 e. The van der Waals surface area contributed by atoms with E-state index in [1.807, 2.05) is 5.57 Å². The average molecular weight is 566 g/mol. The van der Waals surface area contributed by atoms with E-state index < -0.39 is 0 Å². The van der Waals surface area contributed by atoms with E-state index in [9.17, 15) is 0 Å². The molecule has 42 heavy (non-hydrogen) atoms. The number of piperidine rings is 1. The largest absolute Gasteiger partial charge is 0.367 e. The van der Waals surface area contributed by atoms with Gasteiger partial charge in [-0.2, -0.15) is 0 Å². The van der Waals surface area contributed by atoms with Crippen molar-refractivity contribution in [2.75, 3.05) is 0 Å². The monoisotopic (exact) mass is 565 g/mol.